The van der Waals surface area contributed by atoms with E-state index in [9.17, 15) is 14.4 Å². The van der Waals surface area contributed by atoms with E-state index in [-0.39, 0.29) is 17.9 Å². The van der Waals surface area contributed by atoms with Crippen LogP contribution in [0.3, 0.4) is 0 Å². The molecular weight excluding hydrogens is 246 g/mol. The first-order valence-electron chi connectivity index (χ1n) is 6.12. The SMILES string of the molecule is COC(=O)c1ccc2c(c1)C1NC(=O)C(C=O)C1C2. The van der Waals surface area contributed by atoms with Crippen molar-refractivity contribution in [2.24, 2.45) is 11.8 Å². The van der Waals surface area contributed by atoms with Gasteiger partial charge in [0.25, 0.3) is 0 Å². The van der Waals surface area contributed by atoms with Gasteiger partial charge in [-0.25, -0.2) is 4.79 Å². The van der Waals surface area contributed by atoms with E-state index in [4.69, 9.17) is 0 Å². The van der Waals surface area contributed by atoms with Gasteiger partial charge in [-0.05, 0) is 29.7 Å². The average Bonchev–Trinajstić information content (AvgIpc) is 2.91. The lowest BCUT2D eigenvalue weighted by atomic mass is 9.92. The van der Waals surface area contributed by atoms with Crippen molar-refractivity contribution in [1.29, 1.82) is 0 Å². The van der Waals surface area contributed by atoms with Gasteiger partial charge in [-0.15, -0.1) is 0 Å². The minimum Gasteiger partial charge on any atom is -0.465 e. The van der Waals surface area contributed by atoms with Gasteiger partial charge in [-0.1, -0.05) is 6.07 Å². The second-order valence-corrected chi connectivity index (χ2v) is 4.92. The zero-order valence-corrected chi connectivity index (χ0v) is 10.4. The van der Waals surface area contributed by atoms with Crippen LogP contribution in [-0.4, -0.2) is 25.3 Å². The topological polar surface area (TPSA) is 72.5 Å². The zero-order valence-electron chi connectivity index (χ0n) is 10.4. The van der Waals surface area contributed by atoms with Crippen LogP contribution in [0.15, 0.2) is 18.2 Å². The second kappa shape index (κ2) is 4.19. The first-order valence-corrected chi connectivity index (χ1v) is 6.12. The third kappa shape index (κ3) is 1.65. The maximum Gasteiger partial charge on any atom is 0.337 e. The Morgan fingerprint density at radius 2 is 2.26 bits per heavy atom. The molecule has 3 rings (SSSR count). The number of fused-ring (bicyclic) bond motifs is 3. The van der Waals surface area contributed by atoms with Crippen LogP contribution in [0.1, 0.15) is 27.5 Å². The summed E-state index contributed by atoms with van der Waals surface area (Å²) in [5.74, 6) is -1.24. The Kier molecular flexibility index (Phi) is 2.62. The number of methoxy groups -OCH3 is 1. The van der Waals surface area contributed by atoms with Gasteiger partial charge in [0.2, 0.25) is 5.91 Å². The molecule has 98 valence electrons. The standard InChI is InChI=1S/C14H13NO4/c1-19-14(18)8-3-2-7-4-10-11(6-16)13(17)15-12(10)9(7)5-8/h2-3,5-6,10-12H,4H2,1H3,(H,15,17). The molecule has 1 saturated heterocycles. The molecule has 0 radical (unpaired) electrons. The van der Waals surface area contributed by atoms with Crippen molar-refractivity contribution in [3.05, 3.63) is 34.9 Å². The fraction of sp³-hybridized carbons (Fsp3) is 0.357. The third-order valence-corrected chi connectivity index (χ3v) is 3.99. The van der Waals surface area contributed by atoms with E-state index in [1.807, 2.05) is 6.07 Å². The Hall–Kier alpha value is -2.17. The zero-order chi connectivity index (χ0) is 13.6. The van der Waals surface area contributed by atoms with Gasteiger partial charge in [-0.2, -0.15) is 0 Å². The minimum absolute atomic E-state index is 0.0344. The van der Waals surface area contributed by atoms with Gasteiger partial charge in [-0.3, -0.25) is 4.79 Å². The molecule has 5 nitrogen and oxygen atoms in total. The Morgan fingerprint density at radius 3 is 2.95 bits per heavy atom. The number of amides is 1. The number of carbonyl (C=O) groups excluding carboxylic acids is 3. The molecule has 0 spiro atoms. The molecule has 1 N–H and O–H groups in total. The van der Waals surface area contributed by atoms with Crippen molar-refractivity contribution < 1.29 is 19.1 Å². The average molecular weight is 259 g/mol. The molecule has 19 heavy (non-hydrogen) atoms. The number of esters is 1. The lowest BCUT2D eigenvalue weighted by Gasteiger charge is -2.11. The summed E-state index contributed by atoms with van der Waals surface area (Å²) in [6.07, 6.45) is 1.40. The molecule has 2 aliphatic rings. The number of ether oxygens (including phenoxy) is 1. The summed E-state index contributed by atoms with van der Waals surface area (Å²) in [6.45, 7) is 0. The number of aldehydes is 1. The number of rotatable bonds is 2. The molecule has 1 aliphatic carbocycles. The largest absolute Gasteiger partial charge is 0.465 e. The van der Waals surface area contributed by atoms with Crippen molar-refractivity contribution in [3.63, 3.8) is 0 Å². The Morgan fingerprint density at radius 1 is 1.47 bits per heavy atom. The van der Waals surface area contributed by atoms with Crippen LogP contribution in [0, 0.1) is 11.8 Å². The lowest BCUT2D eigenvalue weighted by Crippen LogP contribution is -2.23. The van der Waals surface area contributed by atoms with Crippen molar-refractivity contribution in [1.82, 2.24) is 5.32 Å². The summed E-state index contributed by atoms with van der Waals surface area (Å²) in [4.78, 5) is 34.2. The Balaban J connectivity index is 1.99. The third-order valence-electron chi connectivity index (χ3n) is 3.99. The quantitative estimate of drug-likeness (QED) is 0.480. The van der Waals surface area contributed by atoms with Crippen LogP contribution in [0.4, 0.5) is 0 Å². The molecule has 1 fully saturated rings. The van der Waals surface area contributed by atoms with Crippen molar-refractivity contribution in [2.75, 3.05) is 7.11 Å². The van der Waals surface area contributed by atoms with E-state index >= 15 is 0 Å². The summed E-state index contributed by atoms with van der Waals surface area (Å²) >= 11 is 0. The molecule has 3 atom stereocenters. The molecule has 3 unspecified atom stereocenters. The predicted octanol–water partition coefficient (Wildman–Crippen LogP) is 0.631. The van der Waals surface area contributed by atoms with Gasteiger partial charge >= 0.3 is 5.97 Å². The number of hydrogen-bond donors (Lipinski definition) is 1. The maximum atomic E-state index is 11.7. The summed E-state index contributed by atoms with van der Waals surface area (Å²) in [5, 5.41) is 2.83. The van der Waals surface area contributed by atoms with E-state index in [0.29, 0.717) is 18.3 Å². The van der Waals surface area contributed by atoms with E-state index in [2.05, 4.69) is 10.1 Å². The van der Waals surface area contributed by atoms with Crippen LogP contribution < -0.4 is 5.32 Å². The molecule has 1 aromatic carbocycles. The summed E-state index contributed by atoms with van der Waals surface area (Å²) < 4.78 is 4.69. The highest BCUT2D eigenvalue weighted by atomic mass is 16.5. The van der Waals surface area contributed by atoms with Crippen LogP contribution in [0.25, 0.3) is 0 Å². The first-order chi connectivity index (χ1) is 9.15. The Labute approximate surface area is 109 Å². The fourth-order valence-electron chi connectivity index (χ4n) is 3.04. The van der Waals surface area contributed by atoms with Crippen molar-refractivity contribution in [3.8, 4) is 0 Å². The van der Waals surface area contributed by atoms with E-state index < -0.39 is 11.9 Å². The van der Waals surface area contributed by atoms with Crippen molar-refractivity contribution >= 4 is 18.2 Å². The monoisotopic (exact) mass is 259 g/mol. The lowest BCUT2D eigenvalue weighted by molar-refractivity contribution is -0.127. The summed E-state index contributed by atoms with van der Waals surface area (Å²) in [6, 6.07) is 5.17. The van der Waals surface area contributed by atoms with Crippen LogP contribution in [0.2, 0.25) is 0 Å². The molecule has 0 aromatic heterocycles. The molecule has 1 aromatic rings. The summed E-state index contributed by atoms with van der Waals surface area (Å²) in [5.41, 5.74) is 2.46. The second-order valence-electron chi connectivity index (χ2n) is 4.92. The molecule has 0 saturated carbocycles. The van der Waals surface area contributed by atoms with Crippen molar-refractivity contribution in [2.45, 2.75) is 12.5 Å². The normalized spacial score (nSPS) is 27.4. The molecular formula is C14H13NO4. The summed E-state index contributed by atoms with van der Waals surface area (Å²) in [7, 11) is 1.33. The Bertz CT molecular complexity index is 581. The van der Waals surface area contributed by atoms with Gasteiger partial charge in [0.05, 0.1) is 24.6 Å². The maximum absolute atomic E-state index is 11.7. The first kappa shape index (κ1) is 11.9. The van der Waals surface area contributed by atoms with E-state index in [0.717, 1.165) is 11.1 Å². The smallest absolute Gasteiger partial charge is 0.337 e. The number of hydrogen-bond acceptors (Lipinski definition) is 4. The number of carbonyl (C=O) groups is 3. The van der Waals surface area contributed by atoms with Gasteiger partial charge in [0.1, 0.15) is 6.29 Å². The molecule has 1 heterocycles. The number of benzene rings is 1. The predicted molar refractivity (Wildman–Crippen MR) is 65.4 cm³/mol. The highest BCUT2D eigenvalue weighted by Gasteiger charge is 2.47. The molecule has 1 aliphatic heterocycles. The van der Waals surface area contributed by atoms with Crippen LogP contribution in [-0.2, 0) is 20.7 Å². The molecule has 0 bridgehead atoms. The minimum atomic E-state index is -0.584. The van der Waals surface area contributed by atoms with Crippen LogP contribution >= 0.6 is 0 Å². The molecule has 5 heteroatoms. The van der Waals surface area contributed by atoms with Crippen LogP contribution in [0.5, 0.6) is 0 Å². The fourth-order valence-corrected chi connectivity index (χ4v) is 3.04. The van der Waals surface area contributed by atoms with Gasteiger partial charge in [0, 0.05) is 5.92 Å². The highest BCUT2D eigenvalue weighted by Crippen LogP contribution is 2.44. The highest BCUT2D eigenvalue weighted by molar-refractivity contribution is 5.95. The number of nitrogens with one attached hydrogen (secondary N) is 1. The van der Waals surface area contributed by atoms with Gasteiger partial charge in [0.15, 0.2) is 0 Å². The van der Waals surface area contributed by atoms with E-state index in [1.54, 1.807) is 12.1 Å². The molecule has 1 amide bonds. The van der Waals surface area contributed by atoms with Gasteiger partial charge < -0.3 is 14.8 Å². The van der Waals surface area contributed by atoms with E-state index in [1.165, 1.54) is 7.11 Å².